The molecule has 0 bridgehead atoms. The molecule has 9 heteroatoms. The number of carbonyl (C=O) groups excluding carboxylic acids is 1. The summed E-state index contributed by atoms with van der Waals surface area (Å²) in [7, 11) is -4.12. The van der Waals surface area contributed by atoms with Gasteiger partial charge >= 0.3 is 0 Å². The molecule has 1 amide bonds. The summed E-state index contributed by atoms with van der Waals surface area (Å²) in [4.78, 5) is 23.4. The third-order valence-corrected chi connectivity index (χ3v) is 7.66. The maximum Gasteiger partial charge on any atom is 0.268 e. The summed E-state index contributed by atoms with van der Waals surface area (Å²) in [5.41, 5.74) is 1.87. The molecular formula is C24H25ClN4O3S. The molecular weight excluding hydrogens is 460 g/mol. The third kappa shape index (κ3) is 5.51. The van der Waals surface area contributed by atoms with Crippen LogP contribution in [-0.2, 0) is 16.4 Å². The number of nitrogens with zero attached hydrogens (tertiary/aromatic N) is 3. The van der Waals surface area contributed by atoms with Gasteiger partial charge in [-0.3, -0.25) is 4.79 Å². The number of aryl methyl sites for hydroxylation is 1. The number of aromatic nitrogens is 2. The summed E-state index contributed by atoms with van der Waals surface area (Å²) in [5, 5.41) is 0.0387. The average Bonchev–Trinajstić information content (AvgIpc) is 2.80. The highest BCUT2D eigenvalue weighted by atomic mass is 35.5. The van der Waals surface area contributed by atoms with Crippen LogP contribution in [0.15, 0.2) is 65.7 Å². The molecule has 1 saturated heterocycles. The highest BCUT2D eigenvalue weighted by Gasteiger charge is 2.25. The first-order valence-corrected chi connectivity index (χ1v) is 12.6. The van der Waals surface area contributed by atoms with Crippen LogP contribution in [0.25, 0.3) is 0 Å². The summed E-state index contributed by atoms with van der Waals surface area (Å²) in [6, 6.07) is 16.4. The van der Waals surface area contributed by atoms with Crippen LogP contribution in [-0.4, -0.2) is 37.4 Å². The summed E-state index contributed by atoms with van der Waals surface area (Å²) >= 11 is 5.97. The molecule has 4 rings (SSSR count). The Labute approximate surface area is 198 Å². The highest BCUT2D eigenvalue weighted by molar-refractivity contribution is 7.90. The molecule has 2 heterocycles. The number of anilines is 1. The van der Waals surface area contributed by atoms with Gasteiger partial charge in [0.25, 0.3) is 15.9 Å². The lowest BCUT2D eigenvalue weighted by Gasteiger charge is -2.32. The van der Waals surface area contributed by atoms with E-state index in [9.17, 15) is 13.2 Å². The van der Waals surface area contributed by atoms with Gasteiger partial charge in [-0.05, 0) is 49.8 Å². The van der Waals surface area contributed by atoms with Crippen molar-refractivity contribution in [2.45, 2.75) is 31.1 Å². The molecule has 33 heavy (non-hydrogen) atoms. The van der Waals surface area contributed by atoms with E-state index in [0.717, 1.165) is 32.4 Å². The molecule has 7 nitrogen and oxygen atoms in total. The number of hydrogen-bond acceptors (Lipinski definition) is 6. The smallest absolute Gasteiger partial charge is 0.268 e. The van der Waals surface area contributed by atoms with E-state index in [2.05, 4.69) is 43.9 Å². The predicted molar refractivity (Wildman–Crippen MR) is 128 cm³/mol. The molecule has 1 N–H and O–H groups in total. The van der Waals surface area contributed by atoms with Gasteiger partial charge in [0.1, 0.15) is 4.90 Å². The van der Waals surface area contributed by atoms with Gasteiger partial charge in [-0.2, -0.15) is 0 Å². The zero-order valence-corrected chi connectivity index (χ0v) is 19.8. The summed E-state index contributed by atoms with van der Waals surface area (Å²) in [6.45, 7) is 3.34. The van der Waals surface area contributed by atoms with Crippen molar-refractivity contribution in [1.82, 2.24) is 14.7 Å². The summed E-state index contributed by atoms with van der Waals surface area (Å²) < 4.78 is 27.2. The number of piperidine rings is 1. The van der Waals surface area contributed by atoms with Crippen molar-refractivity contribution in [3.05, 3.63) is 82.6 Å². The van der Waals surface area contributed by atoms with Crippen LogP contribution < -0.4 is 9.62 Å². The van der Waals surface area contributed by atoms with Gasteiger partial charge in [0.15, 0.2) is 0 Å². The Bertz CT molecular complexity index is 1240. The quantitative estimate of drug-likeness (QED) is 0.568. The summed E-state index contributed by atoms with van der Waals surface area (Å²) in [5.74, 6) is 0.376. The fraction of sp³-hybridized carbons (Fsp3) is 0.292. The van der Waals surface area contributed by atoms with Gasteiger partial charge in [-0.15, -0.1) is 0 Å². The molecule has 0 radical (unpaired) electrons. The molecule has 2 aromatic carbocycles. The van der Waals surface area contributed by atoms with Crippen molar-refractivity contribution < 1.29 is 13.2 Å². The number of amides is 1. The zero-order chi connectivity index (χ0) is 23.4. The Hall–Kier alpha value is -2.97. The SMILES string of the molecule is Cc1nc(N2CCC(Cc3ccccc3)CC2)ncc1C(=O)NS(=O)(=O)c1ccccc1Cl. The lowest BCUT2D eigenvalue weighted by atomic mass is 9.90. The van der Waals surface area contributed by atoms with E-state index >= 15 is 0 Å². The number of carbonyl (C=O) groups is 1. The first-order chi connectivity index (χ1) is 15.8. The average molecular weight is 485 g/mol. The fourth-order valence-electron chi connectivity index (χ4n) is 4.01. The standard InChI is InChI=1S/C24H25ClN4O3S/c1-17-20(23(30)28-33(31,32)22-10-6-5-9-21(22)25)16-26-24(27-17)29-13-11-19(12-14-29)15-18-7-3-2-4-8-18/h2-10,16,19H,11-15H2,1H3,(H,28,30). The van der Waals surface area contributed by atoms with Gasteiger partial charge in [-0.1, -0.05) is 54.1 Å². The van der Waals surface area contributed by atoms with Gasteiger partial charge < -0.3 is 4.90 Å². The van der Waals surface area contributed by atoms with E-state index in [1.807, 2.05) is 6.07 Å². The largest absolute Gasteiger partial charge is 0.341 e. The lowest BCUT2D eigenvalue weighted by molar-refractivity contribution is 0.0980. The molecule has 0 atom stereocenters. The topological polar surface area (TPSA) is 92.3 Å². The van der Waals surface area contributed by atoms with Crippen LogP contribution in [0, 0.1) is 12.8 Å². The number of nitrogens with one attached hydrogen (secondary N) is 1. The van der Waals surface area contributed by atoms with Gasteiger partial charge in [0.2, 0.25) is 5.95 Å². The van der Waals surface area contributed by atoms with E-state index in [1.165, 1.54) is 30.0 Å². The second kappa shape index (κ2) is 9.89. The Morgan fingerprint density at radius 1 is 1.09 bits per heavy atom. The van der Waals surface area contributed by atoms with Crippen molar-refractivity contribution in [1.29, 1.82) is 0 Å². The molecule has 1 aliphatic rings. The Morgan fingerprint density at radius 2 is 1.76 bits per heavy atom. The van der Waals surface area contributed by atoms with Gasteiger partial charge in [0.05, 0.1) is 16.3 Å². The first-order valence-electron chi connectivity index (χ1n) is 10.8. The van der Waals surface area contributed by atoms with Crippen molar-refractivity contribution in [3.8, 4) is 0 Å². The number of rotatable bonds is 6. The Morgan fingerprint density at radius 3 is 2.42 bits per heavy atom. The van der Waals surface area contributed by atoms with Crippen molar-refractivity contribution in [2.75, 3.05) is 18.0 Å². The molecule has 1 aromatic heterocycles. The van der Waals surface area contributed by atoms with Gasteiger partial charge in [-0.25, -0.2) is 23.1 Å². The van der Waals surface area contributed by atoms with Crippen molar-refractivity contribution in [3.63, 3.8) is 0 Å². The van der Waals surface area contributed by atoms with Gasteiger partial charge in [0, 0.05) is 19.3 Å². The minimum absolute atomic E-state index is 0.0387. The third-order valence-electron chi connectivity index (χ3n) is 5.83. The van der Waals surface area contributed by atoms with Crippen LogP contribution in [0.3, 0.4) is 0 Å². The second-order valence-electron chi connectivity index (χ2n) is 8.15. The highest BCUT2D eigenvalue weighted by Crippen LogP contribution is 2.25. The van der Waals surface area contributed by atoms with E-state index in [-0.39, 0.29) is 15.5 Å². The maximum atomic E-state index is 12.6. The number of hydrogen-bond donors (Lipinski definition) is 1. The Balaban J connectivity index is 1.40. The van der Waals surface area contributed by atoms with Crippen LogP contribution in [0.4, 0.5) is 5.95 Å². The van der Waals surface area contributed by atoms with Crippen LogP contribution in [0.2, 0.25) is 5.02 Å². The molecule has 0 spiro atoms. The Kier molecular flexibility index (Phi) is 6.95. The number of halogens is 1. The molecule has 0 unspecified atom stereocenters. The van der Waals surface area contributed by atoms with Crippen LogP contribution in [0.1, 0.15) is 34.5 Å². The fourth-order valence-corrected chi connectivity index (χ4v) is 5.50. The number of sulfonamides is 1. The second-order valence-corrected chi connectivity index (χ2v) is 10.2. The maximum absolute atomic E-state index is 12.6. The van der Waals surface area contributed by atoms with Crippen LogP contribution in [0.5, 0.6) is 0 Å². The monoisotopic (exact) mass is 484 g/mol. The van der Waals surface area contributed by atoms with E-state index in [1.54, 1.807) is 13.0 Å². The first kappa shape index (κ1) is 23.2. The van der Waals surface area contributed by atoms with E-state index in [4.69, 9.17) is 11.6 Å². The minimum Gasteiger partial charge on any atom is -0.341 e. The predicted octanol–water partition coefficient (Wildman–Crippen LogP) is 4.02. The van der Waals surface area contributed by atoms with Crippen molar-refractivity contribution >= 4 is 33.5 Å². The zero-order valence-electron chi connectivity index (χ0n) is 18.2. The molecule has 172 valence electrons. The van der Waals surface area contributed by atoms with E-state index in [0.29, 0.717) is 17.6 Å². The molecule has 3 aromatic rings. The molecule has 1 fully saturated rings. The minimum atomic E-state index is -4.12. The summed E-state index contributed by atoms with van der Waals surface area (Å²) in [6.07, 6.45) is 4.52. The number of benzene rings is 2. The lowest BCUT2D eigenvalue weighted by Crippen LogP contribution is -2.36. The molecule has 0 aliphatic carbocycles. The van der Waals surface area contributed by atoms with Crippen LogP contribution >= 0.6 is 11.6 Å². The normalized spacial score (nSPS) is 14.8. The van der Waals surface area contributed by atoms with Crippen molar-refractivity contribution in [2.24, 2.45) is 5.92 Å². The molecule has 1 aliphatic heterocycles. The molecule has 0 saturated carbocycles. The van der Waals surface area contributed by atoms with E-state index < -0.39 is 15.9 Å².